The van der Waals surface area contributed by atoms with Crippen molar-refractivity contribution >= 4 is 21.6 Å². The zero-order chi connectivity index (χ0) is 18.9. The van der Waals surface area contributed by atoms with Gasteiger partial charge < -0.3 is 10.1 Å². The number of hydrogen-bond acceptors (Lipinski definition) is 6. The monoisotopic (exact) mass is 383 g/mol. The molecule has 0 bridgehead atoms. The molecule has 2 fully saturated rings. The smallest absolute Gasteiger partial charge is 0.312 e. The van der Waals surface area contributed by atoms with Crippen LogP contribution in [0.2, 0.25) is 0 Å². The van der Waals surface area contributed by atoms with Crippen LogP contribution in [0.3, 0.4) is 0 Å². The van der Waals surface area contributed by atoms with Crippen LogP contribution >= 0.6 is 0 Å². The lowest BCUT2D eigenvalue weighted by atomic mass is 10.3. The van der Waals surface area contributed by atoms with E-state index in [0.29, 0.717) is 13.1 Å². The van der Waals surface area contributed by atoms with Crippen LogP contribution in [0, 0.1) is 10.1 Å². The van der Waals surface area contributed by atoms with Gasteiger partial charge in [0.2, 0.25) is 10.0 Å². The van der Waals surface area contributed by atoms with Crippen molar-refractivity contribution in [2.24, 2.45) is 0 Å². The molecule has 1 aliphatic heterocycles. The minimum Gasteiger partial charge on any atom is -0.474 e. The topological polar surface area (TPSA) is 119 Å². The highest BCUT2D eigenvalue weighted by atomic mass is 32.2. The van der Waals surface area contributed by atoms with E-state index >= 15 is 0 Å². The second kappa shape index (κ2) is 7.20. The van der Waals surface area contributed by atoms with Gasteiger partial charge in [-0.2, -0.15) is 4.31 Å². The van der Waals surface area contributed by atoms with E-state index in [2.05, 4.69) is 5.32 Å². The number of rotatable bonds is 7. The summed E-state index contributed by atoms with van der Waals surface area (Å²) in [7, 11) is -3.77. The van der Waals surface area contributed by atoms with Crippen LogP contribution in [0.4, 0.5) is 5.69 Å². The van der Waals surface area contributed by atoms with Gasteiger partial charge in [-0.25, -0.2) is 8.42 Å². The fourth-order valence-corrected chi connectivity index (χ4v) is 4.31. The Labute approximate surface area is 151 Å². The molecule has 3 rings (SSSR count). The first-order chi connectivity index (χ1) is 12.3. The van der Waals surface area contributed by atoms with Crippen LogP contribution in [0.25, 0.3) is 0 Å². The number of amides is 1. The third kappa shape index (κ3) is 3.96. The maximum Gasteiger partial charge on any atom is 0.312 e. The van der Waals surface area contributed by atoms with Crippen LogP contribution in [0.15, 0.2) is 23.1 Å². The lowest BCUT2D eigenvalue weighted by molar-refractivity contribution is -0.386. The lowest BCUT2D eigenvalue weighted by Gasteiger charge is -2.17. The molecule has 26 heavy (non-hydrogen) atoms. The minimum atomic E-state index is -3.77. The Balaban J connectivity index is 1.82. The highest BCUT2D eigenvalue weighted by Crippen LogP contribution is 2.32. The van der Waals surface area contributed by atoms with Gasteiger partial charge in [-0.3, -0.25) is 14.9 Å². The molecule has 9 nitrogen and oxygen atoms in total. The molecule has 2 aliphatic rings. The van der Waals surface area contributed by atoms with Gasteiger partial charge in [0, 0.05) is 25.2 Å². The zero-order valence-electron chi connectivity index (χ0n) is 14.4. The van der Waals surface area contributed by atoms with Crippen molar-refractivity contribution in [2.45, 2.75) is 49.6 Å². The van der Waals surface area contributed by atoms with Crippen LogP contribution in [0.1, 0.15) is 32.6 Å². The summed E-state index contributed by atoms with van der Waals surface area (Å²) in [6.45, 7) is 2.32. The summed E-state index contributed by atoms with van der Waals surface area (Å²) in [6, 6.07) is 3.66. The second-order valence-electron chi connectivity index (χ2n) is 6.54. The largest absolute Gasteiger partial charge is 0.474 e. The first-order valence-corrected chi connectivity index (χ1v) is 9.98. The highest BCUT2D eigenvalue weighted by molar-refractivity contribution is 7.89. The second-order valence-corrected chi connectivity index (χ2v) is 8.48. The number of benzene rings is 1. The zero-order valence-corrected chi connectivity index (χ0v) is 15.2. The number of nitrogens with one attached hydrogen (secondary N) is 1. The summed E-state index contributed by atoms with van der Waals surface area (Å²) in [5, 5.41) is 14.1. The van der Waals surface area contributed by atoms with Crippen LogP contribution in [-0.4, -0.2) is 48.8 Å². The predicted molar refractivity (Wildman–Crippen MR) is 92.3 cm³/mol. The number of hydrogen-bond donors (Lipinski definition) is 1. The Morgan fingerprint density at radius 1 is 1.35 bits per heavy atom. The molecule has 1 saturated carbocycles. The van der Waals surface area contributed by atoms with E-state index in [9.17, 15) is 23.3 Å². The molecular formula is C16H21N3O6S. The molecule has 0 unspecified atom stereocenters. The molecule has 1 atom stereocenters. The van der Waals surface area contributed by atoms with Gasteiger partial charge in [0.1, 0.15) is 0 Å². The number of nitrogens with zero attached hydrogens (tertiary/aromatic N) is 2. The minimum absolute atomic E-state index is 0.131. The number of sulfonamides is 1. The average molecular weight is 383 g/mol. The van der Waals surface area contributed by atoms with Gasteiger partial charge in [0.15, 0.2) is 11.9 Å². The van der Waals surface area contributed by atoms with Crippen LogP contribution in [-0.2, 0) is 14.8 Å². The van der Waals surface area contributed by atoms with Gasteiger partial charge in [0.25, 0.3) is 5.91 Å². The normalized spacial score (nSPS) is 19.1. The van der Waals surface area contributed by atoms with Crippen LogP contribution < -0.4 is 10.1 Å². The molecule has 1 N–H and O–H groups in total. The van der Waals surface area contributed by atoms with Crippen molar-refractivity contribution in [3.63, 3.8) is 0 Å². The number of carbonyl (C=O) groups is 1. The molecule has 1 aliphatic carbocycles. The fraction of sp³-hybridized carbons (Fsp3) is 0.562. The molecule has 1 amide bonds. The molecule has 142 valence electrons. The lowest BCUT2D eigenvalue weighted by Crippen LogP contribution is -2.37. The van der Waals surface area contributed by atoms with Gasteiger partial charge in [-0.1, -0.05) is 0 Å². The Morgan fingerprint density at radius 3 is 2.58 bits per heavy atom. The van der Waals surface area contributed by atoms with E-state index in [-0.39, 0.29) is 22.6 Å². The summed E-state index contributed by atoms with van der Waals surface area (Å²) in [5.74, 6) is -0.482. The predicted octanol–water partition coefficient (Wildman–Crippen LogP) is 1.43. The third-order valence-electron chi connectivity index (χ3n) is 4.43. The molecule has 1 heterocycles. The quantitative estimate of drug-likeness (QED) is 0.562. The number of nitro groups is 1. The molecule has 1 saturated heterocycles. The summed E-state index contributed by atoms with van der Waals surface area (Å²) >= 11 is 0. The SMILES string of the molecule is C[C@@H](Oc1ccc(S(=O)(=O)N2CCCC2)cc1[N+](=O)[O-])C(=O)NC1CC1. The van der Waals surface area contributed by atoms with Crippen molar-refractivity contribution in [1.82, 2.24) is 9.62 Å². The van der Waals surface area contributed by atoms with Crippen molar-refractivity contribution in [2.75, 3.05) is 13.1 Å². The van der Waals surface area contributed by atoms with Gasteiger partial charge in [-0.05, 0) is 44.7 Å². The first-order valence-electron chi connectivity index (χ1n) is 8.54. The van der Waals surface area contributed by atoms with Gasteiger partial charge in [-0.15, -0.1) is 0 Å². The molecule has 10 heteroatoms. The Morgan fingerprint density at radius 2 is 2.00 bits per heavy atom. The summed E-state index contributed by atoms with van der Waals surface area (Å²) in [5.41, 5.74) is -0.476. The van der Waals surface area contributed by atoms with Crippen molar-refractivity contribution in [3.05, 3.63) is 28.3 Å². The van der Waals surface area contributed by atoms with E-state index in [4.69, 9.17) is 4.74 Å². The molecule has 0 radical (unpaired) electrons. The number of carbonyl (C=O) groups excluding carboxylic acids is 1. The van der Waals surface area contributed by atoms with Crippen molar-refractivity contribution < 1.29 is 22.9 Å². The highest BCUT2D eigenvalue weighted by Gasteiger charge is 2.31. The Bertz CT molecular complexity index is 815. The maximum atomic E-state index is 12.6. The van der Waals surface area contributed by atoms with E-state index in [1.807, 2.05) is 0 Å². The standard InChI is InChI=1S/C16H21N3O6S/c1-11(16(20)17-12-4-5-12)25-15-7-6-13(10-14(15)19(21)22)26(23,24)18-8-2-3-9-18/h6-7,10-12H,2-5,8-9H2,1H3,(H,17,20)/t11-/m1/s1. The van der Waals surface area contributed by atoms with E-state index in [1.165, 1.54) is 23.4 Å². The summed E-state index contributed by atoms with van der Waals surface area (Å²) in [6.07, 6.45) is 2.46. The van der Waals surface area contributed by atoms with Crippen molar-refractivity contribution in [3.8, 4) is 5.75 Å². The maximum absolute atomic E-state index is 12.6. The fourth-order valence-electron chi connectivity index (χ4n) is 2.77. The molecule has 1 aromatic rings. The van der Waals surface area contributed by atoms with Gasteiger partial charge >= 0.3 is 5.69 Å². The van der Waals surface area contributed by atoms with Crippen LogP contribution in [0.5, 0.6) is 5.75 Å². The molecule has 0 aromatic heterocycles. The third-order valence-corrected chi connectivity index (χ3v) is 6.32. The molecular weight excluding hydrogens is 362 g/mol. The average Bonchev–Trinajstić information content (AvgIpc) is 3.22. The van der Waals surface area contributed by atoms with Gasteiger partial charge in [0.05, 0.1) is 9.82 Å². The Hall–Kier alpha value is -2.20. The summed E-state index contributed by atoms with van der Waals surface area (Å²) < 4.78 is 31.9. The first kappa shape index (κ1) is 18.6. The van der Waals surface area contributed by atoms with E-state index in [1.54, 1.807) is 0 Å². The van der Waals surface area contributed by atoms with E-state index < -0.39 is 26.7 Å². The number of nitro benzene ring substituents is 1. The molecule has 0 spiro atoms. The van der Waals surface area contributed by atoms with E-state index in [0.717, 1.165) is 31.7 Å². The molecule has 1 aromatic carbocycles. The summed E-state index contributed by atoms with van der Waals surface area (Å²) in [4.78, 5) is 22.5. The van der Waals surface area contributed by atoms with Crippen molar-refractivity contribution in [1.29, 1.82) is 0 Å². The number of ether oxygens (including phenoxy) is 1. The Kier molecular flexibility index (Phi) is 5.15.